The molecular formula is C31H41FN4O4. The predicted octanol–water partition coefficient (Wildman–Crippen LogP) is 2.84. The minimum absolute atomic E-state index is 0.102. The first kappa shape index (κ1) is 29.5. The summed E-state index contributed by atoms with van der Waals surface area (Å²) in [5.41, 5.74) is 1.75. The van der Waals surface area contributed by atoms with Gasteiger partial charge in [-0.25, -0.2) is 4.39 Å². The lowest BCUT2D eigenvalue weighted by Gasteiger charge is -2.31. The standard InChI is InChI=1S/C31H41FN4O4/c1-19-15-24-7-5-6-8-27(24)40-20(2)18-33-28(23-11-12-23)31(39)36(4)21(3)29(37)35-26(30(38)34-17-19)16-22-9-13-25(32)14-10-22/h5-10,13-14,19-21,23,26,28,33H,11-12,15-18H2,1-4H3,(H,34,38)(H,35,37)/t19-,20+,21+,26+,28-/m0/s1. The molecule has 0 aromatic heterocycles. The van der Waals surface area contributed by atoms with Gasteiger partial charge in [0.05, 0.1) is 6.04 Å². The first-order valence-corrected chi connectivity index (χ1v) is 14.2. The Morgan fingerprint density at radius 3 is 2.35 bits per heavy atom. The van der Waals surface area contributed by atoms with Crippen molar-refractivity contribution >= 4 is 17.7 Å². The molecule has 1 fully saturated rings. The largest absolute Gasteiger partial charge is 0.489 e. The average Bonchev–Trinajstić information content (AvgIpc) is 3.77. The summed E-state index contributed by atoms with van der Waals surface area (Å²) >= 11 is 0. The molecule has 8 nitrogen and oxygen atoms in total. The SMILES string of the molecule is C[C@@H]1CNC(=O)[C@@H](Cc2ccc(F)cc2)NC(=O)[C@@H](C)N(C)C(=O)[C@H](C2CC2)NC[C@@H](C)Oc2ccccc2C1. The van der Waals surface area contributed by atoms with Crippen LogP contribution in [-0.2, 0) is 27.2 Å². The van der Waals surface area contributed by atoms with Gasteiger partial charge in [0.2, 0.25) is 17.7 Å². The van der Waals surface area contributed by atoms with Crippen LogP contribution < -0.4 is 20.7 Å². The Morgan fingerprint density at radius 1 is 0.950 bits per heavy atom. The number of carbonyl (C=O) groups is 3. The van der Waals surface area contributed by atoms with Crippen molar-refractivity contribution in [1.82, 2.24) is 20.9 Å². The van der Waals surface area contributed by atoms with Gasteiger partial charge >= 0.3 is 0 Å². The van der Waals surface area contributed by atoms with Gasteiger partial charge in [-0.1, -0.05) is 37.3 Å². The van der Waals surface area contributed by atoms with Crippen molar-refractivity contribution in [3.05, 3.63) is 65.5 Å². The molecule has 1 heterocycles. The molecule has 0 unspecified atom stereocenters. The number of nitrogens with one attached hydrogen (secondary N) is 3. The van der Waals surface area contributed by atoms with Crippen LogP contribution in [0.5, 0.6) is 5.75 Å². The molecular weight excluding hydrogens is 511 g/mol. The summed E-state index contributed by atoms with van der Waals surface area (Å²) < 4.78 is 19.8. The number of fused-ring (bicyclic) bond motifs is 1. The monoisotopic (exact) mass is 552 g/mol. The molecule has 2 aliphatic rings. The summed E-state index contributed by atoms with van der Waals surface area (Å²) in [6.45, 7) is 6.57. The Kier molecular flexibility index (Phi) is 9.79. The molecule has 0 radical (unpaired) electrons. The van der Waals surface area contributed by atoms with E-state index in [9.17, 15) is 18.8 Å². The van der Waals surface area contributed by atoms with Crippen molar-refractivity contribution in [2.24, 2.45) is 11.8 Å². The third-order valence-corrected chi connectivity index (χ3v) is 7.77. The van der Waals surface area contributed by atoms with Crippen LogP contribution in [0.3, 0.4) is 0 Å². The minimum Gasteiger partial charge on any atom is -0.489 e. The first-order chi connectivity index (χ1) is 19.1. The van der Waals surface area contributed by atoms with Gasteiger partial charge in [-0.15, -0.1) is 0 Å². The van der Waals surface area contributed by atoms with Gasteiger partial charge in [0.25, 0.3) is 0 Å². The van der Waals surface area contributed by atoms with E-state index in [0.717, 1.165) is 24.2 Å². The molecule has 40 heavy (non-hydrogen) atoms. The van der Waals surface area contributed by atoms with Crippen molar-refractivity contribution in [3.8, 4) is 5.75 Å². The zero-order valence-corrected chi connectivity index (χ0v) is 23.8. The van der Waals surface area contributed by atoms with Crippen molar-refractivity contribution in [1.29, 1.82) is 0 Å². The Hall–Kier alpha value is -3.46. The number of ether oxygens (including phenoxy) is 1. The van der Waals surface area contributed by atoms with Gasteiger partial charge in [-0.05, 0) is 74.3 Å². The molecule has 5 atom stereocenters. The normalized spacial score (nSPS) is 27.5. The molecule has 9 heteroatoms. The fraction of sp³-hybridized carbons (Fsp3) is 0.516. The highest BCUT2D eigenvalue weighted by atomic mass is 19.1. The number of hydrogen-bond donors (Lipinski definition) is 3. The van der Waals surface area contributed by atoms with E-state index in [-0.39, 0.29) is 42.0 Å². The number of carbonyl (C=O) groups excluding carboxylic acids is 3. The molecule has 1 aliphatic carbocycles. The van der Waals surface area contributed by atoms with Gasteiger partial charge in [-0.2, -0.15) is 0 Å². The van der Waals surface area contributed by atoms with E-state index in [1.165, 1.54) is 17.0 Å². The molecule has 216 valence electrons. The zero-order valence-electron chi connectivity index (χ0n) is 23.8. The van der Waals surface area contributed by atoms with Crippen LogP contribution >= 0.6 is 0 Å². The highest BCUT2D eigenvalue weighted by molar-refractivity contribution is 5.93. The topological polar surface area (TPSA) is 99.8 Å². The summed E-state index contributed by atoms with van der Waals surface area (Å²) in [6, 6.07) is 11.6. The lowest BCUT2D eigenvalue weighted by molar-refractivity contribution is -0.141. The summed E-state index contributed by atoms with van der Waals surface area (Å²) in [6.07, 6.45) is 2.61. The van der Waals surface area contributed by atoms with Crippen molar-refractivity contribution in [2.45, 2.75) is 70.7 Å². The lowest BCUT2D eigenvalue weighted by atomic mass is 9.99. The van der Waals surface area contributed by atoms with Crippen LogP contribution in [0.2, 0.25) is 0 Å². The third kappa shape index (κ3) is 7.81. The zero-order chi connectivity index (χ0) is 28.8. The Balaban J connectivity index is 1.59. The summed E-state index contributed by atoms with van der Waals surface area (Å²) in [5.74, 6) is -0.181. The molecule has 0 spiro atoms. The Labute approximate surface area is 236 Å². The number of hydrogen-bond acceptors (Lipinski definition) is 5. The second-order valence-electron chi connectivity index (χ2n) is 11.3. The van der Waals surface area contributed by atoms with Gasteiger partial charge in [0, 0.05) is 26.6 Å². The molecule has 1 aliphatic heterocycles. The minimum atomic E-state index is -0.885. The van der Waals surface area contributed by atoms with Gasteiger partial charge < -0.3 is 25.6 Å². The molecule has 2 aromatic rings. The number of likely N-dealkylation sites (N-methyl/N-ethyl adjacent to an activating group) is 1. The number of halogens is 1. The van der Waals surface area contributed by atoms with E-state index in [1.54, 1.807) is 26.1 Å². The summed E-state index contributed by atoms with van der Waals surface area (Å²) in [5, 5.41) is 9.24. The lowest BCUT2D eigenvalue weighted by Crippen LogP contribution is -2.57. The number of para-hydroxylation sites is 1. The van der Waals surface area contributed by atoms with Crippen molar-refractivity contribution in [3.63, 3.8) is 0 Å². The van der Waals surface area contributed by atoms with E-state index in [1.807, 2.05) is 31.2 Å². The van der Waals surface area contributed by atoms with Crippen LogP contribution in [0.1, 0.15) is 44.7 Å². The number of amides is 3. The van der Waals surface area contributed by atoms with Crippen molar-refractivity contribution in [2.75, 3.05) is 20.1 Å². The van der Waals surface area contributed by atoms with E-state index in [4.69, 9.17) is 4.74 Å². The Bertz CT molecular complexity index is 1190. The molecule has 0 bridgehead atoms. The summed E-state index contributed by atoms with van der Waals surface area (Å²) in [4.78, 5) is 41.6. The first-order valence-electron chi connectivity index (χ1n) is 14.2. The van der Waals surface area contributed by atoms with Crippen molar-refractivity contribution < 1.29 is 23.5 Å². The third-order valence-electron chi connectivity index (χ3n) is 7.77. The van der Waals surface area contributed by atoms with Gasteiger partial charge in [0.1, 0.15) is 29.8 Å². The maximum atomic E-state index is 13.5. The van der Waals surface area contributed by atoms with Crippen LogP contribution in [0.15, 0.2) is 48.5 Å². The smallest absolute Gasteiger partial charge is 0.243 e. The maximum Gasteiger partial charge on any atom is 0.243 e. The molecule has 4 rings (SSSR count). The second-order valence-corrected chi connectivity index (χ2v) is 11.3. The molecule has 3 N–H and O–H groups in total. The van der Waals surface area contributed by atoms with Crippen LogP contribution in [0.4, 0.5) is 4.39 Å². The van der Waals surface area contributed by atoms with Crippen LogP contribution in [0.25, 0.3) is 0 Å². The maximum absolute atomic E-state index is 13.5. The van der Waals surface area contributed by atoms with Gasteiger partial charge in [0.15, 0.2) is 0 Å². The molecule has 1 saturated carbocycles. The Morgan fingerprint density at radius 2 is 1.65 bits per heavy atom. The summed E-state index contributed by atoms with van der Waals surface area (Å²) in [7, 11) is 1.62. The fourth-order valence-corrected chi connectivity index (χ4v) is 5.01. The average molecular weight is 553 g/mol. The highest BCUT2D eigenvalue weighted by Crippen LogP contribution is 2.33. The predicted molar refractivity (Wildman–Crippen MR) is 151 cm³/mol. The molecule has 0 saturated heterocycles. The fourth-order valence-electron chi connectivity index (χ4n) is 5.01. The number of nitrogens with zero attached hydrogens (tertiary/aromatic N) is 1. The van der Waals surface area contributed by atoms with Gasteiger partial charge in [-0.3, -0.25) is 14.4 Å². The van der Waals surface area contributed by atoms with E-state index < -0.39 is 24.0 Å². The van der Waals surface area contributed by atoms with E-state index >= 15 is 0 Å². The van der Waals surface area contributed by atoms with E-state index in [0.29, 0.717) is 25.1 Å². The second kappa shape index (κ2) is 13.3. The van der Waals surface area contributed by atoms with E-state index in [2.05, 4.69) is 22.9 Å². The highest BCUT2D eigenvalue weighted by Gasteiger charge is 2.39. The number of benzene rings is 2. The molecule has 3 amide bonds. The molecule has 2 aromatic carbocycles. The number of rotatable bonds is 3. The quantitative estimate of drug-likeness (QED) is 0.544. The van der Waals surface area contributed by atoms with Crippen LogP contribution in [-0.4, -0.2) is 67.0 Å². The van der Waals surface area contributed by atoms with Crippen LogP contribution in [0, 0.1) is 17.7 Å².